The van der Waals surface area contributed by atoms with Gasteiger partial charge >= 0.3 is 0 Å². The number of aryl methyl sites for hydroxylation is 2. The van der Waals surface area contributed by atoms with Gasteiger partial charge in [-0.3, -0.25) is 0 Å². The first-order chi connectivity index (χ1) is 8.45. The van der Waals surface area contributed by atoms with Gasteiger partial charge < -0.3 is 9.88 Å². The van der Waals surface area contributed by atoms with E-state index in [9.17, 15) is 0 Å². The van der Waals surface area contributed by atoms with Gasteiger partial charge in [0, 0.05) is 5.69 Å². The van der Waals surface area contributed by atoms with E-state index in [0.717, 1.165) is 5.69 Å². The zero-order chi connectivity index (χ0) is 13.3. The van der Waals surface area contributed by atoms with Gasteiger partial charge in [-0.05, 0) is 46.4 Å². The molecule has 2 aromatic rings. The van der Waals surface area contributed by atoms with Crippen molar-refractivity contribution in [3.05, 3.63) is 47.5 Å². The van der Waals surface area contributed by atoms with E-state index in [1.807, 2.05) is 19.6 Å². The Labute approximate surface area is 109 Å². The minimum atomic E-state index is -0.103. The lowest BCUT2D eigenvalue weighted by molar-refractivity contribution is 0.424. The molecule has 3 nitrogen and oxygen atoms in total. The normalized spacial score (nSPS) is 11.8. The number of aromatic nitrogens is 2. The van der Waals surface area contributed by atoms with Crippen molar-refractivity contribution in [3.63, 3.8) is 0 Å². The van der Waals surface area contributed by atoms with E-state index >= 15 is 0 Å². The molecule has 0 fully saturated rings. The highest BCUT2D eigenvalue weighted by Crippen LogP contribution is 2.24. The fraction of sp³-hybridized carbons (Fsp3) is 0.400. The second kappa shape index (κ2) is 4.58. The van der Waals surface area contributed by atoms with Crippen LogP contribution < -0.4 is 5.32 Å². The number of rotatable bonds is 3. The molecule has 0 bridgehead atoms. The van der Waals surface area contributed by atoms with E-state index in [4.69, 9.17) is 0 Å². The summed E-state index contributed by atoms with van der Waals surface area (Å²) in [6.45, 7) is 8.57. The summed E-state index contributed by atoms with van der Waals surface area (Å²) in [5.41, 5.74) is 4.80. The lowest BCUT2D eigenvalue weighted by atomic mass is 10.0. The van der Waals surface area contributed by atoms with Crippen molar-refractivity contribution < 1.29 is 0 Å². The second-order valence-corrected chi connectivity index (χ2v) is 5.31. The molecule has 3 heteroatoms. The predicted molar refractivity (Wildman–Crippen MR) is 75.1 cm³/mol. The Bertz CT molecular complexity index is 553. The second-order valence-electron chi connectivity index (χ2n) is 5.31. The summed E-state index contributed by atoms with van der Waals surface area (Å²) in [4.78, 5) is 4.30. The Morgan fingerprint density at radius 3 is 2.56 bits per heavy atom. The maximum atomic E-state index is 4.30. The van der Waals surface area contributed by atoms with Gasteiger partial charge in [-0.15, -0.1) is 0 Å². The first-order valence-electron chi connectivity index (χ1n) is 6.25. The zero-order valence-corrected chi connectivity index (χ0v) is 11.8. The van der Waals surface area contributed by atoms with Gasteiger partial charge in [-0.1, -0.05) is 17.7 Å². The lowest BCUT2D eigenvalue weighted by Crippen LogP contribution is -2.35. The van der Waals surface area contributed by atoms with Crippen molar-refractivity contribution in [2.75, 3.05) is 7.05 Å². The maximum Gasteiger partial charge on any atom is 0.0994 e. The molecule has 0 aliphatic carbocycles. The molecule has 2 rings (SSSR count). The van der Waals surface area contributed by atoms with Gasteiger partial charge in [0.2, 0.25) is 0 Å². The summed E-state index contributed by atoms with van der Waals surface area (Å²) in [5.74, 6) is 0. The van der Waals surface area contributed by atoms with E-state index in [1.165, 1.54) is 16.8 Å². The summed E-state index contributed by atoms with van der Waals surface area (Å²) in [6, 6.07) is 6.49. The summed E-state index contributed by atoms with van der Waals surface area (Å²) in [7, 11) is 1.97. The zero-order valence-electron chi connectivity index (χ0n) is 11.8. The number of hydrogen-bond donors (Lipinski definition) is 1. The molecular weight excluding hydrogens is 222 g/mol. The van der Waals surface area contributed by atoms with Crippen LogP contribution in [0.4, 0.5) is 0 Å². The van der Waals surface area contributed by atoms with Crippen molar-refractivity contribution in [3.8, 4) is 5.69 Å². The minimum absolute atomic E-state index is 0.103. The average Bonchev–Trinajstić information content (AvgIpc) is 2.78. The van der Waals surface area contributed by atoms with Gasteiger partial charge in [0.1, 0.15) is 0 Å². The SMILES string of the molecule is CNC(C)(C)c1cncn1-c1ccc(C)cc1C. The minimum Gasteiger partial charge on any atom is -0.310 e. The Kier molecular flexibility index (Phi) is 3.26. The standard InChI is InChI=1S/C15H21N3/c1-11-6-7-13(12(2)8-11)18-10-17-9-14(18)15(3,4)16-5/h6-10,16H,1-5H3. The van der Waals surface area contributed by atoms with Crippen LogP contribution in [-0.2, 0) is 5.54 Å². The monoisotopic (exact) mass is 243 g/mol. The van der Waals surface area contributed by atoms with Crippen LogP contribution in [-0.4, -0.2) is 16.6 Å². The van der Waals surface area contributed by atoms with Crippen LogP contribution >= 0.6 is 0 Å². The highest BCUT2D eigenvalue weighted by molar-refractivity contribution is 5.44. The van der Waals surface area contributed by atoms with Crippen molar-refractivity contribution in [1.29, 1.82) is 0 Å². The van der Waals surface area contributed by atoms with E-state index in [0.29, 0.717) is 0 Å². The van der Waals surface area contributed by atoms with E-state index in [2.05, 4.69) is 60.8 Å². The van der Waals surface area contributed by atoms with Crippen molar-refractivity contribution in [2.45, 2.75) is 33.2 Å². The smallest absolute Gasteiger partial charge is 0.0994 e. The Morgan fingerprint density at radius 1 is 1.22 bits per heavy atom. The van der Waals surface area contributed by atoms with Crippen LogP contribution in [0.5, 0.6) is 0 Å². The highest BCUT2D eigenvalue weighted by atomic mass is 15.1. The Hall–Kier alpha value is -1.61. The molecule has 1 N–H and O–H groups in total. The third-order valence-electron chi connectivity index (χ3n) is 3.52. The topological polar surface area (TPSA) is 29.9 Å². The molecule has 1 aromatic heterocycles. The third-order valence-corrected chi connectivity index (χ3v) is 3.52. The van der Waals surface area contributed by atoms with Crippen LogP contribution in [0.3, 0.4) is 0 Å². The van der Waals surface area contributed by atoms with E-state index in [-0.39, 0.29) is 5.54 Å². The van der Waals surface area contributed by atoms with Gasteiger partial charge in [-0.25, -0.2) is 4.98 Å². The first kappa shape index (κ1) is 12.8. The molecule has 18 heavy (non-hydrogen) atoms. The number of imidazole rings is 1. The highest BCUT2D eigenvalue weighted by Gasteiger charge is 2.23. The quantitative estimate of drug-likeness (QED) is 0.898. The molecular formula is C15H21N3. The van der Waals surface area contributed by atoms with Crippen LogP contribution in [0.15, 0.2) is 30.7 Å². The van der Waals surface area contributed by atoms with E-state index < -0.39 is 0 Å². The average molecular weight is 243 g/mol. The molecule has 0 aliphatic rings. The molecule has 0 saturated heterocycles. The largest absolute Gasteiger partial charge is 0.310 e. The summed E-state index contributed by atoms with van der Waals surface area (Å²) in [6.07, 6.45) is 3.81. The molecule has 0 saturated carbocycles. The molecule has 0 atom stereocenters. The fourth-order valence-electron chi connectivity index (χ4n) is 2.15. The van der Waals surface area contributed by atoms with Gasteiger partial charge in [0.05, 0.1) is 23.8 Å². The van der Waals surface area contributed by atoms with Crippen LogP contribution in [0.2, 0.25) is 0 Å². The molecule has 0 unspecified atom stereocenters. The van der Waals surface area contributed by atoms with Crippen molar-refractivity contribution >= 4 is 0 Å². The van der Waals surface area contributed by atoms with Gasteiger partial charge in [0.25, 0.3) is 0 Å². The van der Waals surface area contributed by atoms with Gasteiger partial charge in [-0.2, -0.15) is 0 Å². The number of hydrogen-bond acceptors (Lipinski definition) is 2. The number of benzene rings is 1. The van der Waals surface area contributed by atoms with Crippen LogP contribution in [0.25, 0.3) is 5.69 Å². The maximum absolute atomic E-state index is 4.30. The Morgan fingerprint density at radius 2 is 1.94 bits per heavy atom. The first-order valence-corrected chi connectivity index (χ1v) is 6.25. The molecule has 0 spiro atoms. The number of nitrogens with zero attached hydrogens (tertiary/aromatic N) is 2. The molecule has 0 aliphatic heterocycles. The summed E-state index contributed by atoms with van der Waals surface area (Å²) >= 11 is 0. The predicted octanol–water partition coefficient (Wildman–Crippen LogP) is 2.94. The van der Waals surface area contributed by atoms with Gasteiger partial charge in [0.15, 0.2) is 0 Å². The molecule has 96 valence electrons. The molecule has 0 radical (unpaired) electrons. The molecule has 1 aromatic carbocycles. The summed E-state index contributed by atoms with van der Waals surface area (Å²) < 4.78 is 2.16. The Balaban J connectivity index is 2.56. The van der Waals surface area contributed by atoms with Crippen LogP contribution in [0, 0.1) is 13.8 Å². The summed E-state index contributed by atoms with van der Waals surface area (Å²) in [5, 5.41) is 3.32. The lowest BCUT2D eigenvalue weighted by Gasteiger charge is -2.26. The molecule has 0 amide bonds. The van der Waals surface area contributed by atoms with Crippen molar-refractivity contribution in [1.82, 2.24) is 14.9 Å². The van der Waals surface area contributed by atoms with Crippen molar-refractivity contribution in [2.24, 2.45) is 0 Å². The van der Waals surface area contributed by atoms with Crippen LogP contribution in [0.1, 0.15) is 30.7 Å². The fourth-order valence-corrected chi connectivity index (χ4v) is 2.15. The van der Waals surface area contributed by atoms with E-state index in [1.54, 1.807) is 0 Å². The third kappa shape index (κ3) is 2.18. The number of nitrogens with one attached hydrogen (secondary N) is 1. The molecule has 1 heterocycles.